The average Bonchev–Trinajstić information content (AvgIpc) is 2.67. The first-order valence-electron chi connectivity index (χ1n) is 9.37. The van der Waals surface area contributed by atoms with Gasteiger partial charge in [0.25, 0.3) is 0 Å². The Morgan fingerprint density at radius 2 is 1.92 bits per heavy atom. The van der Waals surface area contributed by atoms with E-state index in [4.69, 9.17) is 4.98 Å². The number of carbonyl (C=O) groups excluding carboxylic acids is 1. The summed E-state index contributed by atoms with van der Waals surface area (Å²) in [5.41, 5.74) is 2.77. The molecular formula is C21H25N4O+. The summed E-state index contributed by atoms with van der Waals surface area (Å²) in [5.74, 6) is 1.13. The number of rotatable bonds is 3. The van der Waals surface area contributed by atoms with Crippen LogP contribution in [0.2, 0.25) is 0 Å². The molecule has 134 valence electrons. The van der Waals surface area contributed by atoms with Crippen molar-refractivity contribution in [3.63, 3.8) is 0 Å². The highest BCUT2D eigenvalue weighted by Crippen LogP contribution is 2.26. The summed E-state index contributed by atoms with van der Waals surface area (Å²) < 4.78 is 0. The monoisotopic (exact) mass is 349 g/mol. The number of allylic oxidation sites excluding steroid dienone is 1. The first kappa shape index (κ1) is 16.9. The molecule has 4 rings (SSSR count). The van der Waals surface area contributed by atoms with Gasteiger partial charge in [0, 0.05) is 12.6 Å². The van der Waals surface area contributed by atoms with Gasteiger partial charge in [-0.2, -0.15) is 0 Å². The van der Waals surface area contributed by atoms with Crippen LogP contribution >= 0.6 is 0 Å². The molecule has 2 aliphatic rings. The van der Waals surface area contributed by atoms with E-state index in [1.165, 1.54) is 0 Å². The van der Waals surface area contributed by atoms with E-state index in [1.807, 2.05) is 18.2 Å². The summed E-state index contributed by atoms with van der Waals surface area (Å²) in [5, 5.41) is 0. The van der Waals surface area contributed by atoms with Gasteiger partial charge in [0.15, 0.2) is 5.78 Å². The maximum absolute atomic E-state index is 12.5. The number of nitrogens with zero attached hydrogens (tertiary/aromatic N) is 3. The summed E-state index contributed by atoms with van der Waals surface area (Å²) in [4.78, 5) is 25.5. The molecule has 1 saturated heterocycles. The number of fused-ring (bicyclic) bond motifs is 1. The molecule has 5 nitrogen and oxygen atoms in total. The van der Waals surface area contributed by atoms with Gasteiger partial charge in [-0.15, -0.1) is 0 Å². The van der Waals surface area contributed by atoms with Gasteiger partial charge in [0.05, 0.1) is 44.5 Å². The largest absolute Gasteiger partial charge is 0.334 e. The molecule has 1 aliphatic carbocycles. The van der Waals surface area contributed by atoms with Gasteiger partial charge in [-0.1, -0.05) is 42.5 Å². The molecule has 1 N–H and O–H groups in total. The Hall–Kier alpha value is -2.53. The van der Waals surface area contributed by atoms with Crippen molar-refractivity contribution in [2.45, 2.75) is 12.8 Å². The minimum atomic E-state index is 0.156. The van der Waals surface area contributed by atoms with Crippen LogP contribution in [0.15, 0.2) is 42.6 Å². The summed E-state index contributed by atoms with van der Waals surface area (Å²) in [6, 6.07) is 10.2. The second-order valence-electron chi connectivity index (χ2n) is 7.34. The highest BCUT2D eigenvalue weighted by atomic mass is 16.1. The van der Waals surface area contributed by atoms with Gasteiger partial charge in [-0.25, -0.2) is 9.97 Å². The normalized spacial score (nSPS) is 21.2. The van der Waals surface area contributed by atoms with E-state index in [-0.39, 0.29) is 11.7 Å². The van der Waals surface area contributed by atoms with Gasteiger partial charge in [-0.3, -0.25) is 4.79 Å². The summed E-state index contributed by atoms with van der Waals surface area (Å²) >= 11 is 0. The van der Waals surface area contributed by atoms with Crippen LogP contribution in [0.1, 0.15) is 28.0 Å². The van der Waals surface area contributed by atoms with Crippen molar-refractivity contribution in [3.05, 3.63) is 59.4 Å². The Labute approximate surface area is 154 Å². The number of aromatic nitrogens is 2. The molecule has 2 aromatic rings. The molecule has 1 aliphatic heterocycles. The van der Waals surface area contributed by atoms with E-state index in [9.17, 15) is 4.79 Å². The lowest BCUT2D eigenvalue weighted by molar-refractivity contribution is -0.880. The highest BCUT2D eigenvalue weighted by Gasteiger charge is 2.27. The van der Waals surface area contributed by atoms with Gasteiger partial charge < -0.3 is 9.80 Å². The molecule has 0 amide bonds. The smallest absolute Gasteiger partial charge is 0.225 e. The van der Waals surface area contributed by atoms with E-state index in [1.54, 1.807) is 11.1 Å². The number of piperazine rings is 1. The van der Waals surface area contributed by atoms with Crippen LogP contribution in [-0.2, 0) is 6.42 Å². The van der Waals surface area contributed by atoms with Crippen molar-refractivity contribution >= 4 is 17.8 Å². The lowest BCUT2D eigenvalue weighted by Crippen LogP contribution is -3.12. The lowest BCUT2D eigenvalue weighted by atomic mass is 9.86. The quantitative estimate of drug-likeness (QED) is 0.907. The topological polar surface area (TPSA) is 50.5 Å². The molecule has 1 aromatic carbocycles. The summed E-state index contributed by atoms with van der Waals surface area (Å²) in [7, 11) is 2.22. The molecular weight excluding hydrogens is 324 g/mol. The van der Waals surface area contributed by atoms with Gasteiger partial charge in [0.2, 0.25) is 5.95 Å². The van der Waals surface area contributed by atoms with E-state index >= 15 is 0 Å². The number of hydrogen-bond acceptors (Lipinski definition) is 4. The van der Waals surface area contributed by atoms with E-state index in [2.05, 4.69) is 41.2 Å². The van der Waals surface area contributed by atoms with E-state index in [0.29, 0.717) is 12.0 Å². The molecule has 0 unspecified atom stereocenters. The van der Waals surface area contributed by atoms with Crippen molar-refractivity contribution in [1.29, 1.82) is 0 Å². The van der Waals surface area contributed by atoms with Gasteiger partial charge in [0.1, 0.15) is 0 Å². The van der Waals surface area contributed by atoms with E-state index < -0.39 is 0 Å². The first-order valence-corrected chi connectivity index (χ1v) is 9.37. The number of Topliss-reactive ketones (excluding diaryl/α,β-unsaturated/α-hetero) is 1. The Morgan fingerprint density at radius 3 is 2.69 bits per heavy atom. The molecule has 0 saturated carbocycles. The molecule has 26 heavy (non-hydrogen) atoms. The zero-order valence-electron chi connectivity index (χ0n) is 15.2. The molecule has 2 heterocycles. The standard InChI is InChI=1S/C21H24N4O/c1-24-9-11-25(12-10-24)21-22-15-18-19(23-21)13-17(14-20(18)26)8-7-16-5-3-2-4-6-16/h2-8,15,17H,9-14H2,1H3/p+1/b8-7+/t17-/m0/s1. The lowest BCUT2D eigenvalue weighted by Gasteiger charge is -2.30. The van der Waals surface area contributed by atoms with Crippen molar-refractivity contribution < 1.29 is 9.69 Å². The number of quaternary nitrogens is 1. The molecule has 0 bridgehead atoms. The zero-order chi connectivity index (χ0) is 17.9. The van der Waals surface area contributed by atoms with Crippen molar-refractivity contribution in [3.8, 4) is 0 Å². The number of anilines is 1. The van der Waals surface area contributed by atoms with Crippen molar-refractivity contribution in [2.24, 2.45) is 5.92 Å². The third-order valence-electron chi connectivity index (χ3n) is 5.32. The molecule has 0 radical (unpaired) electrons. The van der Waals surface area contributed by atoms with Crippen LogP contribution in [0.4, 0.5) is 5.95 Å². The number of hydrogen-bond donors (Lipinski definition) is 1. The number of likely N-dealkylation sites (N-methyl/N-ethyl adjacent to an activating group) is 1. The Bertz CT molecular complexity index is 810. The Balaban J connectivity index is 1.52. The molecule has 5 heteroatoms. The summed E-state index contributed by atoms with van der Waals surface area (Å²) in [6.07, 6.45) is 7.34. The number of carbonyl (C=O) groups is 1. The van der Waals surface area contributed by atoms with Crippen LogP contribution in [0.3, 0.4) is 0 Å². The predicted octanol–water partition coefficient (Wildman–Crippen LogP) is 1.27. The van der Waals surface area contributed by atoms with Crippen molar-refractivity contribution in [1.82, 2.24) is 9.97 Å². The maximum Gasteiger partial charge on any atom is 0.225 e. The number of ketones is 1. The SMILES string of the molecule is C[NH+]1CCN(c2ncc3c(n2)C[C@H](/C=C/c2ccccc2)CC3=O)CC1. The second kappa shape index (κ2) is 7.38. The Kier molecular flexibility index (Phi) is 4.80. The predicted molar refractivity (Wildman–Crippen MR) is 102 cm³/mol. The van der Waals surface area contributed by atoms with Gasteiger partial charge in [-0.05, 0) is 17.9 Å². The number of nitrogens with one attached hydrogen (secondary N) is 1. The minimum Gasteiger partial charge on any atom is -0.334 e. The molecule has 1 atom stereocenters. The summed E-state index contributed by atoms with van der Waals surface area (Å²) in [6.45, 7) is 4.13. The van der Waals surface area contributed by atoms with E-state index in [0.717, 1.165) is 49.8 Å². The minimum absolute atomic E-state index is 0.156. The highest BCUT2D eigenvalue weighted by molar-refractivity contribution is 5.98. The molecule has 1 fully saturated rings. The zero-order valence-corrected chi connectivity index (χ0v) is 15.2. The first-order chi connectivity index (χ1) is 12.7. The molecule has 1 aromatic heterocycles. The maximum atomic E-state index is 12.5. The van der Waals surface area contributed by atoms with Crippen LogP contribution in [0, 0.1) is 5.92 Å². The second-order valence-corrected chi connectivity index (χ2v) is 7.34. The third-order valence-corrected chi connectivity index (χ3v) is 5.32. The fourth-order valence-corrected chi connectivity index (χ4v) is 3.65. The van der Waals surface area contributed by atoms with Crippen molar-refractivity contribution in [2.75, 3.05) is 38.1 Å². The van der Waals surface area contributed by atoms with Crippen LogP contribution in [0.5, 0.6) is 0 Å². The van der Waals surface area contributed by atoms with Crippen LogP contribution in [0.25, 0.3) is 6.08 Å². The average molecular weight is 349 g/mol. The molecule has 0 spiro atoms. The van der Waals surface area contributed by atoms with Gasteiger partial charge >= 0.3 is 0 Å². The Morgan fingerprint density at radius 1 is 1.15 bits per heavy atom. The van der Waals surface area contributed by atoms with Crippen LogP contribution in [-0.4, -0.2) is 49.0 Å². The number of benzene rings is 1. The third kappa shape index (κ3) is 3.68. The fourth-order valence-electron chi connectivity index (χ4n) is 3.65. The van der Waals surface area contributed by atoms with Crippen LogP contribution < -0.4 is 9.80 Å². The fraction of sp³-hybridized carbons (Fsp3) is 0.381.